The summed E-state index contributed by atoms with van der Waals surface area (Å²) in [7, 11) is 0. The Balaban J connectivity index is 0.00000544. The zero-order valence-corrected chi connectivity index (χ0v) is 19.5. The third kappa shape index (κ3) is 8.11. The molecule has 2 aromatic carbocycles. The van der Waals surface area contributed by atoms with Crippen LogP contribution >= 0.6 is 36.9 Å². The summed E-state index contributed by atoms with van der Waals surface area (Å²) >= 11 is 6.50. The van der Waals surface area contributed by atoms with Crippen LogP contribution < -0.4 is 10.6 Å². The van der Waals surface area contributed by atoms with E-state index < -0.39 is 33.9 Å². The molecule has 0 saturated heterocycles. The highest BCUT2D eigenvalue weighted by atomic mass is 35.5. The lowest BCUT2D eigenvalue weighted by molar-refractivity contribution is -0.388. The summed E-state index contributed by atoms with van der Waals surface area (Å²) < 4.78 is 39.3. The van der Waals surface area contributed by atoms with Gasteiger partial charge < -0.3 is 15.7 Å². The number of amides is 2. The zero-order valence-electron chi connectivity index (χ0n) is 16.9. The van der Waals surface area contributed by atoms with Gasteiger partial charge in [0.25, 0.3) is 11.6 Å². The minimum absolute atomic E-state index is 0. The molecular weight excluding hydrogens is 507 g/mol. The number of carbonyl (C=O) groups excluding carboxylic acids is 2. The minimum atomic E-state index is -5.00. The van der Waals surface area contributed by atoms with Gasteiger partial charge in [0.15, 0.2) is 0 Å². The van der Waals surface area contributed by atoms with E-state index in [2.05, 4.69) is 10.6 Å². The van der Waals surface area contributed by atoms with Crippen molar-refractivity contribution in [2.45, 2.75) is 23.6 Å². The summed E-state index contributed by atoms with van der Waals surface area (Å²) in [6, 6.07) is 8.47. The monoisotopic (exact) mass is 525 g/mol. The van der Waals surface area contributed by atoms with Crippen molar-refractivity contribution in [3.8, 4) is 0 Å². The standard InChI is InChI=1S/C19H17ClF3N3O5S.H2S/c1-18(29,10-32-13-5-2-11(3-6-13)24-16(27)9-20)17(28)25-12-4-7-15(26(30)31)14(8-12)19(21,22)23;/h2-8,29H,9-10H2,1H3,(H,24,27)(H,25,28);1H2/t18-;/m1./s1. The lowest BCUT2D eigenvalue weighted by Crippen LogP contribution is -2.42. The smallest absolute Gasteiger partial charge is 0.379 e. The van der Waals surface area contributed by atoms with Crippen LogP contribution in [0.25, 0.3) is 0 Å². The van der Waals surface area contributed by atoms with Gasteiger partial charge in [0.2, 0.25) is 5.91 Å². The molecule has 180 valence electrons. The number of rotatable bonds is 8. The van der Waals surface area contributed by atoms with E-state index >= 15 is 0 Å². The maximum atomic E-state index is 13.1. The van der Waals surface area contributed by atoms with Crippen LogP contribution in [0.1, 0.15) is 12.5 Å². The first-order valence-electron chi connectivity index (χ1n) is 8.81. The molecule has 0 unspecified atom stereocenters. The molecule has 0 aliphatic rings. The van der Waals surface area contributed by atoms with Crippen LogP contribution in [-0.2, 0) is 15.8 Å². The minimum Gasteiger partial charge on any atom is -0.379 e. The number of thioether (sulfide) groups is 1. The molecular formula is C19H19ClF3N3O5S2. The third-order valence-corrected chi connectivity index (χ3v) is 5.58. The van der Waals surface area contributed by atoms with Gasteiger partial charge in [0.05, 0.1) is 4.92 Å². The first-order valence-corrected chi connectivity index (χ1v) is 10.3. The first-order chi connectivity index (χ1) is 14.8. The molecule has 14 heteroatoms. The van der Waals surface area contributed by atoms with Crippen LogP contribution in [0.3, 0.4) is 0 Å². The fourth-order valence-electron chi connectivity index (χ4n) is 2.38. The number of hydrogen-bond acceptors (Lipinski definition) is 6. The molecule has 2 amide bonds. The molecule has 2 aromatic rings. The fourth-order valence-corrected chi connectivity index (χ4v) is 3.36. The van der Waals surface area contributed by atoms with Gasteiger partial charge in [-0.3, -0.25) is 19.7 Å². The van der Waals surface area contributed by atoms with Gasteiger partial charge in [-0.2, -0.15) is 26.7 Å². The maximum Gasteiger partial charge on any atom is 0.423 e. The molecule has 3 N–H and O–H groups in total. The number of nitrogens with one attached hydrogen (secondary N) is 2. The Hall–Kier alpha value is -2.48. The van der Waals surface area contributed by atoms with Gasteiger partial charge in [0, 0.05) is 28.1 Å². The van der Waals surface area contributed by atoms with Crippen molar-refractivity contribution in [1.29, 1.82) is 0 Å². The van der Waals surface area contributed by atoms with Crippen molar-refractivity contribution in [2.24, 2.45) is 0 Å². The Morgan fingerprint density at radius 3 is 2.21 bits per heavy atom. The van der Waals surface area contributed by atoms with Gasteiger partial charge in [0.1, 0.15) is 17.0 Å². The third-order valence-electron chi connectivity index (χ3n) is 4.03. The number of benzene rings is 2. The molecule has 0 aromatic heterocycles. The van der Waals surface area contributed by atoms with E-state index in [1.807, 2.05) is 0 Å². The topological polar surface area (TPSA) is 122 Å². The molecule has 0 spiro atoms. The van der Waals surface area contributed by atoms with Crippen LogP contribution in [0.4, 0.5) is 30.2 Å². The molecule has 2 rings (SSSR count). The van der Waals surface area contributed by atoms with E-state index in [4.69, 9.17) is 11.6 Å². The molecule has 33 heavy (non-hydrogen) atoms. The zero-order chi connectivity index (χ0) is 24.1. The number of nitro groups is 1. The molecule has 0 aliphatic heterocycles. The summed E-state index contributed by atoms with van der Waals surface area (Å²) in [5.41, 5.74) is -4.49. The molecule has 0 fully saturated rings. The molecule has 0 radical (unpaired) electrons. The SMILES string of the molecule is C[C@@](O)(CSc1ccc(NC(=O)CCl)cc1)C(=O)Nc1ccc([N+](=O)[O-])c(C(F)(F)F)c1.S. The predicted octanol–water partition coefficient (Wildman–Crippen LogP) is 4.39. The second kappa shape index (κ2) is 11.6. The Labute approximate surface area is 202 Å². The summed E-state index contributed by atoms with van der Waals surface area (Å²) in [4.78, 5) is 33.9. The van der Waals surface area contributed by atoms with E-state index in [0.29, 0.717) is 22.7 Å². The second-order valence-electron chi connectivity index (χ2n) is 6.71. The van der Waals surface area contributed by atoms with Gasteiger partial charge in [-0.15, -0.1) is 23.4 Å². The van der Waals surface area contributed by atoms with Gasteiger partial charge >= 0.3 is 6.18 Å². The van der Waals surface area contributed by atoms with Crippen LogP contribution in [0, 0.1) is 10.1 Å². The van der Waals surface area contributed by atoms with Gasteiger partial charge in [-0.1, -0.05) is 0 Å². The quantitative estimate of drug-likeness (QED) is 0.203. The first kappa shape index (κ1) is 28.6. The number of hydrogen-bond donors (Lipinski definition) is 3. The highest BCUT2D eigenvalue weighted by Crippen LogP contribution is 2.37. The number of nitrogens with zero attached hydrogens (tertiary/aromatic N) is 1. The van der Waals surface area contributed by atoms with Gasteiger partial charge in [-0.05, 0) is 43.3 Å². The summed E-state index contributed by atoms with van der Waals surface area (Å²) in [6.45, 7) is 1.18. The van der Waals surface area contributed by atoms with E-state index in [0.717, 1.165) is 17.8 Å². The Bertz CT molecular complexity index is 1020. The Kier molecular flexibility index (Phi) is 10.0. The molecule has 0 aliphatic carbocycles. The normalized spacial score (nSPS) is 12.8. The summed E-state index contributed by atoms with van der Waals surface area (Å²) in [5, 5.41) is 26.0. The van der Waals surface area contributed by atoms with Crippen LogP contribution in [0.15, 0.2) is 47.4 Å². The van der Waals surface area contributed by atoms with E-state index in [1.54, 1.807) is 24.3 Å². The number of anilines is 2. The average molecular weight is 526 g/mol. The lowest BCUT2D eigenvalue weighted by Gasteiger charge is -2.22. The number of alkyl halides is 4. The van der Waals surface area contributed by atoms with Crippen molar-refractivity contribution in [3.63, 3.8) is 0 Å². The van der Waals surface area contributed by atoms with E-state index in [1.165, 1.54) is 6.92 Å². The molecule has 0 bridgehead atoms. The molecule has 0 saturated carbocycles. The largest absolute Gasteiger partial charge is 0.423 e. The maximum absolute atomic E-state index is 13.1. The highest BCUT2D eigenvalue weighted by Gasteiger charge is 2.39. The summed E-state index contributed by atoms with van der Waals surface area (Å²) in [5.74, 6) is -1.72. The van der Waals surface area contributed by atoms with Crippen molar-refractivity contribution in [3.05, 3.63) is 58.1 Å². The van der Waals surface area contributed by atoms with Crippen molar-refractivity contribution in [2.75, 3.05) is 22.3 Å². The van der Waals surface area contributed by atoms with E-state index in [9.17, 15) is 38.0 Å². The fraction of sp³-hybridized carbons (Fsp3) is 0.263. The van der Waals surface area contributed by atoms with Crippen LogP contribution in [-0.4, -0.2) is 39.1 Å². The lowest BCUT2D eigenvalue weighted by atomic mass is 10.1. The Morgan fingerprint density at radius 2 is 1.70 bits per heavy atom. The number of nitro benzene ring substituents is 1. The van der Waals surface area contributed by atoms with Crippen molar-refractivity contribution >= 4 is 65.7 Å². The predicted molar refractivity (Wildman–Crippen MR) is 124 cm³/mol. The van der Waals surface area contributed by atoms with Crippen molar-refractivity contribution < 1.29 is 32.8 Å². The van der Waals surface area contributed by atoms with Crippen LogP contribution in [0.5, 0.6) is 0 Å². The van der Waals surface area contributed by atoms with E-state index in [-0.39, 0.29) is 36.7 Å². The summed E-state index contributed by atoms with van der Waals surface area (Å²) in [6.07, 6.45) is -5.00. The highest BCUT2D eigenvalue weighted by molar-refractivity contribution is 7.99. The molecule has 8 nitrogen and oxygen atoms in total. The van der Waals surface area contributed by atoms with Crippen molar-refractivity contribution in [1.82, 2.24) is 0 Å². The second-order valence-corrected chi connectivity index (χ2v) is 8.03. The average Bonchev–Trinajstić information content (AvgIpc) is 2.72. The number of halogens is 4. The number of carbonyl (C=O) groups is 2. The van der Waals surface area contributed by atoms with Gasteiger partial charge in [-0.25, -0.2) is 0 Å². The Morgan fingerprint density at radius 1 is 1.12 bits per heavy atom. The molecule has 1 atom stereocenters. The molecule has 0 heterocycles. The van der Waals surface area contributed by atoms with Crippen LogP contribution in [0.2, 0.25) is 0 Å². The number of aliphatic hydroxyl groups is 1.